The summed E-state index contributed by atoms with van der Waals surface area (Å²) >= 11 is 0. The minimum Gasteiger partial charge on any atom is -0.478 e. The van der Waals surface area contributed by atoms with Gasteiger partial charge >= 0.3 is 0 Å². The highest BCUT2D eigenvalue weighted by Crippen LogP contribution is 2.18. The quantitative estimate of drug-likeness (QED) is 0.593. The van der Waals surface area contributed by atoms with Crippen molar-refractivity contribution in [3.8, 4) is 5.75 Å². The number of nitrogens with one attached hydrogen (secondary N) is 2. The number of para-hydroxylation sites is 1. The van der Waals surface area contributed by atoms with E-state index in [-0.39, 0.29) is 16.9 Å². The van der Waals surface area contributed by atoms with Crippen LogP contribution in [0.5, 0.6) is 5.75 Å². The summed E-state index contributed by atoms with van der Waals surface area (Å²) < 4.78 is 20.7. The molecule has 8 nitrogen and oxygen atoms in total. The number of hydrogen-bond donors (Lipinski definition) is 2. The number of rotatable bonds is 4. The van der Waals surface area contributed by atoms with Crippen molar-refractivity contribution in [2.45, 2.75) is 51.7 Å². The molecule has 33 heavy (non-hydrogen) atoms. The minimum atomic E-state index is -1.04. The molecule has 0 radical (unpaired) electrons. The lowest BCUT2D eigenvalue weighted by Gasteiger charge is -2.17. The van der Waals surface area contributed by atoms with Crippen molar-refractivity contribution in [1.29, 1.82) is 0 Å². The summed E-state index contributed by atoms with van der Waals surface area (Å²) in [6.07, 6.45) is 3.79. The molecule has 0 fully saturated rings. The number of fused-ring (bicyclic) bond motifs is 2. The fraction of sp³-hybridized carbons (Fsp3) is 0.333. The Hall–Kier alpha value is -3.75. The van der Waals surface area contributed by atoms with E-state index in [1.807, 2.05) is 0 Å². The Labute approximate surface area is 189 Å². The third kappa shape index (κ3) is 5.02. The predicted molar refractivity (Wildman–Crippen MR) is 120 cm³/mol. The summed E-state index contributed by atoms with van der Waals surface area (Å²) in [5.74, 6) is -1.14. The molecule has 0 spiro atoms. The number of ether oxygens (including phenoxy) is 1. The number of benzene rings is 2. The Balaban J connectivity index is 1.45. The van der Waals surface area contributed by atoms with E-state index < -0.39 is 23.7 Å². The highest BCUT2D eigenvalue weighted by molar-refractivity contribution is 5.98. The van der Waals surface area contributed by atoms with Gasteiger partial charge in [-0.25, -0.2) is 9.37 Å². The Kier molecular flexibility index (Phi) is 6.67. The molecule has 0 saturated heterocycles. The number of amides is 2. The molecule has 2 aromatic carbocycles. The second kappa shape index (κ2) is 9.81. The smallest absolute Gasteiger partial charge is 0.279 e. The summed E-state index contributed by atoms with van der Waals surface area (Å²) in [6, 6.07) is 10.4. The van der Waals surface area contributed by atoms with Gasteiger partial charge in [0.1, 0.15) is 5.82 Å². The van der Waals surface area contributed by atoms with Crippen molar-refractivity contribution in [2.75, 3.05) is 0 Å². The van der Waals surface area contributed by atoms with Gasteiger partial charge < -0.3 is 4.74 Å². The average Bonchev–Trinajstić information content (AvgIpc) is 2.79. The number of nitrogens with zero attached hydrogens (tertiary/aromatic N) is 2. The maximum absolute atomic E-state index is 13.7. The van der Waals surface area contributed by atoms with Crippen LogP contribution in [0.1, 0.15) is 48.8 Å². The molecule has 1 atom stereocenters. The summed E-state index contributed by atoms with van der Waals surface area (Å²) in [6.45, 7) is 2.09. The molecule has 4 rings (SSSR count). The molecule has 1 aromatic heterocycles. The lowest BCUT2D eigenvalue weighted by molar-refractivity contribution is -0.128. The molecule has 2 heterocycles. The molecular formula is C24H25FN4O4. The van der Waals surface area contributed by atoms with Crippen molar-refractivity contribution >= 4 is 22.7 Å². The van der Waals surface area contributed by atoms with Gasteiger partial charge in [0.2, 0.25) is 0 Å². The number of hydrogen-bond acceptors (Lipinski definition) is 5. The number of halogens is 1. The maximum atomic E-state index is 13.7. The van der Waals surface area contributed by atoms with Gasteiger partial charge in [0.15, 0.2) is 17.7 Å². The Bertz CT molecular complexity index is 1260. The predicted octanol–water partition coefficient (Wildman–Crippen LogP) is 2.88. The first kappa shape index (κ1) is 22.4. The molecule has 1 aliphatic heterocycles. The summed E-state index contributed by atoms with van der Waals surface area (Å²) in [5, 5.41) is 0.451. The van der Waals surface area contributed by atoms with Crippen LogP contribution in [-0.4, -0.2) is 27.5 Å². The third-order valence-electron chi connectivity index (χ3n) is 5.64. The molecule has 172 valence electrons. The van der Waals surface area contributed by atoms with Crippen LogP contribution in [0.25, 0.3) is 10.9 Å². The topological polar surface area (TPSA) is 102 Å². The molecule has 0 saturated carbocycles. The average molecular weight is 452 g/mol. The number of hydrazine groups is 1. The van der Waals surface area contributed by atoms with Crippen LogP contribution in [0.3, 0.4) is 0 Å². The number of aryl methyl sites for hydroxylation is 1. The first-order valence-corrected chi connectivity index (χ1v) is 11.0. The van der Waals surface area contributed by atoms with Crippen LogP contribution in [0.15, 0.2) is 47.3 Å². The normalized spacial score (nSPS) is 14.5. The minimum absolute atomic E-state index is 0.0618. The van der Waals surface area contributed by atoms with Crippen LogP contribution in [0.2, 0.25) is 0 Å². The molecule has 0 aliphatic carbocycles. The van der Waals surface area contributed by atoms with Gasteiger partial charge in [-0.3, -0.25) is 29.8 Å². The van der Waals surface area contributed by atoms with E-state index in [0.29, 0.717) is 17.4 Å². The van der Waals surface area contributed by atoms with Crippen LogP contribution in [0.4, 0.5) is 4.39 Å². The second-order valence-corrected chi connectivity index (χ2v) is 8.01. The molecule has 0 bridgehead atoms. The van der Waals surface area contributed by atoms with E-state index in [1.54, 1.807) is 16.7 Å². The Morgan fingerprint density at radius 1 is 1.09 bits per heavy atom. The van der Waals surface area contributed by atoms with Crippen molar-refractivity contribution in [2.24, 2.45) is 0 Å². The van der Waals surface area contributed by atoms with Crippen LogP contribution < -0.4 is 21.1 Å². The Morgan fingerprint density at radius 3 is 2.70 bits per heavy atom. The van der Waals surface area contributed by atoms with Gasteiger partial charge in [-0.1, -0.05) is 25.0 Å². The molecule has 2 N–H and O–H groups in total. The second-order valence-electron chi connectivity index (χ2n) is 8.01. The summed E-state index contributed by atoms with van der Waals surface area (Å²) in [7, 11) is 0. The Morgan fingerprint density at radius 2 is 1.88 bits per heavy atom. The van der Waals surface area contributed by atoms with Crippen LogP contribution in [0, 0.1) is 5.82 Å². The molecule has 1 unspecified atom stereocenters. The summed E-state index contributed by atoms with van der Waals surface area (Å²) in [4.78, 5) is 42.4. The van der Waals surface area contributed by atoms with Crippen molar-refractivity contribution in [3.05, 3.63) is 70.0 Å². The van der Waals surface area contributed by atoms with Gasteiger partial charge in [-0.05, 0) is 50.1 Å². The highest BCUT2D eigenvalue weighted by Gasteiger charge is 2.18. The van der Waals surface area contributed by atoms with E-state index in [4.69, 9.17) is 4.74 Å². The van der Waals surface area contributed by atoms with Crippen LogP contribution >= 0.6 is 0 Å². The fourth-order valence-electron chi connectivity index (χ4n) is 3.81. The molecule has 9 heteroatoms. The van der Waals surface area contributed by atoms with Crippen molar-refractivity contribution < 1.29 is 18.7 Å². The SMILES string of the molecule is CC(Oc1ccccc1F)C(=O)NNC(=O)c1ccc2c(=O)n3c(nc2c1)CCCCCC3. The zero-order valence-corrected chi connectivity index (χ0v) is 18.3. The highest BCUT2D eigenvalue weighted by atomic mass is 19.1. The number of aromatic nitrogens is 2. The van der Waals surface area contributed by atoms with Crippen molar-refractivity contribution in [3.63, 3.8) is 0 Å². The number of carbonyl (C=O) groups excluding carboxylic acids is 2. The molecule has 3 aromatic rings. The van der Waals surface area contributed by atoms with E-state index in [0.717, 1.165) is 37.9 Å². The van der Waals surface area contributed by atoms with E-state index in [1.165, 1.54) is 37.3 Å². The summed E-state index contributed by atoms with van der Waals surface area (Å²) in [5.41, 5.74) is 5.18. The first-order chi connectivity index (χ1) is 15.9. The van der Waals surface area contributed by atoms with E-state index in [9.17, 15) is 18.8 Å². The zero-order chi connectivity index (χ0) is 23.4. The first-order valence-electron chi connectivity index (χ1n) is 11.0. The van der Waals surface area contributed by atoms with Gasteiger partial charge in [-0.2, -0.15) is 0 Å². The standard InChI is InChI=1S/C24H25FN4O4/c1-15(33-20-9-6-5-8-18(20)25)22(30)27-28-23(31)16-11-12-17-19(14-16)26-21-10-4-2-3-7-13-29(21)24(17)32/h5-6,8-9,11-12,14-15H,2-4,7,10,13H2,1H3,(H,27,30)(H,28,31). The molecule has 1 aliphatic rings. The van der Waals surface area contributed by atoms with Crippen LogP contribution in [-0.2, 0) is 17.8 Å². The largest absolute Gasteiger partial charge is 0.478 e. The van der Waals surface area contributed by atoms with Crippen molar-refractivity contribution in [1.82, 2.24) is 20.4 Å². The lowest BCUT2D eigenvalue weighted by Crippen LogP contribution is -2.47. The molecular weight excluding hydrogens is 427 g/mol. The lowest BCUT2D eigenvalue weighted by atomic mass is 10.1. The van der Waals surface area contributed by atoms with Gasteiger partial charge in [-0.15, -0.1) is 0 Å². The van der Waals surface area contributed by atoms with Gasteiger partial charge in [0, 0.05) is 18.5 Å². The zero-order valence-electron chi connectivity index (χ0n) is 18.3. The monoisotopic (exact) mass is 452 g/mol. The third-order valence-corrected chi connectivity index (χ3v) is 5.64. The van der Waals surface area contributed by atoms with Gasteiger partial charge in [0.25, 0.3) is 17.4 Å². The van der Waals surface area contributed by atoms with E-state index >= 15 is 0 Å². The molecule has 2 amide bonds. The van der Waals surface area contributed by atoms with Gasteiger partial charge in [0.05, 0.1) is 10.9 Å². The van der Waals surface area contributed by atoms with E-state index in [2.05, 4.69) is 15.8 Å². The maximum Gasteiger partial charge on any atom is 0.279 e. The fourth-order valence-corrected chi connectivity index (χ4v) is 3.81. The number of carbonyl (C=O) groups is 2.